The van der Waals surface area contributed by atoms with Gasteiger partial charge in [-0.3, -0.25) is 9.44 Å². The normalized spacial score (nSPS) is 12.1. The van der Waals surface area contributed by atoms with E-state index in [9.17, 15) is 16.8 Å². The van der Waals surface area contributed by atoms with Crippen LogP contribution in [-0.2, 0) is 26.5 Å². The van der Waals surface area contributed by atoms with Gasteiger partial charge >= 0.3 is 0 Å². The molecule has 0 unspecified atom stereocenters. The summed E-state index contributed by atoms with van der Waals surface area (Å²) in [4.78, 5) is 0.0169. The molecule has 1 aromatic carbocycles. The molecule has 1 aromatic heterocycles. The first-order valence-electron chi connectivity index (χ1n) is 9.21. The third kappa shape index (κ3) is 7.02. The van der Waals surface area contributed by atoms with Gasteiger partial charge in [0, 0.05) is 5.69 Å². The molecular weight excluding hydrogens is 420 g/mol. The van der Waals surface area contributed by atoms with Crippen LogP contribution in [0.4, 0.5) is 10.8 Å². The van der Waals surface area contributed by atoms with Crippen molar-refractivity contribution >= 4 is 42.2 Å². The maximum atomic E-state index is 12.4. The first-order valence-corrected chi connectivity index (χ1v) is 13.2. The first-order chi connectivity index (χ1) is 13.3. The van der Waals surface area contributed by atoms with Crippen molar-refractivity contribution in [3.8, 4) is 0 Å². The van der Waals surface area contributed by atoms with Crippen molar-refractivity contribution in [3.63, 3.8) is 0 Å². The molecule has 2 rings (SSSR count). The van der Waals surface area contributed by atoms with Gasteiger partial charge in [0.15, 0.2) is 0 Å². The highest BCUT2D eigenvalue weighted by atomic mass is 32.2. The second kappa shape index (κ2) is 10.2. The summed E-state index contributed by atoms with van der Waals surface area (Å²) in [5.41, 5.74) is 0.330. The fraction of sp³-hybridized carbons (Fsp3) is 0.529. The molecule has 0 saturated carbocycles. The number of nitrogens with one attached hydrogen (secondary N) is 2. The summed E-state index contributed by atoms with van der Waals surface area (Å²) < 4.78 is 54.0. The maximum absolute atomic E-state index is 12.4. The molecule has 156 valence electrons. The SMILES string of the molecule is CCCCCCCS(=O)(=O)Nc1ccc(S(=O)(=O)Nc2nnc(CC)s2)cc1. The number of aryl methyl sites for hydroxylation is 1. The number of benzene rings is 1. The average molecular weight is 447 g/mol. The van der Waals surface area contributed by atoms with Gasteiger partial charge in [0.05, 0.1) is 10.6 Å². The van der Waals surface area contributed by atoms with Crippen LogP contribution in [0.5, 0.6) is 0 Å². The van der Waals surface area contributed by atoms with Crippen LogP contribution in [-0.4, -0.2) is 32.8 Å². The molecule has 11 heteroatoms. The van der Waals surface area contributed by atoms with Gasteiger partial charge in [0.25, 0.3) is 10.0 Å². The maximum Gasteiger partial charge on any atom is 0.263 e. The lowest BCUT2D eigenvalue weighted by Gasteiger charge is -2.09. The smallest absolute Gasteiger partial charge is 0.263 e. The van der Waals surface area contributed by atoms with Crippen molar-refractivity contribution in [3.05, 3.63) is 29.3 Å². The van der Waals surface area contributed by atoms with Crippen LogP contribution in [0.15, 0.2) is 29.2 Å². The Bertz CT molecular complexity index is 955. The van der Waals surface area contributed by atoms with Crippen LogP contribution >= 0.6 is 11.3 Å². The minimum Gasteiger partial charge on any atom is -0.284 e. The van der Waals surface area contributed by atoms with Gasteiger partial charge in [-0.05, 0) is 37.1 Å². The van der Waals surface area contributed by atoms with E-state index in [2.05, 4.69) is 26.6 Å². The average Bonchev–Trinajstić information content (AvgIpc) is 3.08. The molecular formula is C17H26N4O4S3. The van der Waals surface area contributed by atoms with Crippen LogP contribution in [0, 0.1) is 0 Å². The van der Waals surface area contributed by atoms with Crippen molar-refractivity contribution in [1.82, 2.24) is 10.2 Å². The van der Waals surface area contributed by atoms with Gasteiger partial charge in [0.2, 0.25) is 15.2 Å². The van der Waals surface area contributed by atoms with Crippen LogP contribution in [0.25, 0.3) is 0 Å². The Balaban J connectivity index is 1.96. The predicted molar refractivity (Wildman–Crippen MR) is 113 cm³/mol. The van der Waals surface area contributed by atoms with Crippen LogP contribution in [0.1, 0.15) is 51.0 Å². The quantitative estimate of drug-likeness (QED) is 0.481. The molecule has 2 N–H and O–H groups in total. The summed E-state index contributed by atoms with van der Waals surface area (Å²) in [6.45, 7) is 4.01. The molecule has 0 aliphatic carbocycles. The molecule has 0 aliphatic heterocycles. The van der Waals surface area contributed by atoms with Crippen molar-refractivity contribution in [2.24, 2.45) is 0 Å². The Labute approximate surface area is 170 Å². The summed E-state index contributed by atoms with van der Waals surface area (Å²) in [5.74, 6) is 0.0507. The Hall–Kier alpha value is -1.72. The van der Waals surface area contributed by atoms with E-state index < -0.39 is 20.0 Å². The lowest BCUT2D eigenvalue weighted by Crippen LogP contribution is -2.17. The molecule has 0 bridgehead atoms. The number of unbranched alkanes of at least 4 members (excludes halogenated alkanes) is 4. The van der Waals surface area contributed by atoms with Crippen molar-refractivity contribution in [2.45, 2.75) is 57.3 Å². The summed E-state index contributed by atoms with van der Waals surface area (Å²) in [6.07, 6.45) is 5.39. The van der Waals surface area contributed by atoms with Gasteiger partial charge in [-0.2, -0.15) is 0 Å². The summed E-state index contributed by atoms with van der Waals surface area (Å²) >= 11 is 1.17. The van der Waals surface area contributed by atoms with Crippen molar-refractivity contribution in [1.29, 1.82) is 0 Å². The Morgan fingerprint density at radius 3 is 2.18 bits per heavy atom. The van der Waals surface area contributed by atoms with E-state index in [1.165, 1.54) is 35.6 Å². The summed E-state index contributed by atoms with van der Waals surface area (Å²) in [5, 5.41) is 8.60. The Morgan fingerprint density at radius 1 is 0.893 bits per heavy atom. The summed E-state index contributed by atoms with van der Waals surface area (Å²) in [7, 11) is -7.26. The molecule has 0 radical (unpaired) electrons. The molecule has 0 fully saturated rings. The standard InChI is InChI=1S/C17H26N4O4S3/c1-3-5-6-7-8-13-27(22,23)20-14-9-11-15(12-10-14)28(24,25)21-17-19-18-16(4-2)26-17/h9-12,20H,3-8,13H2,1-2H3,(H,19,21). The van der Waals surface area contributed by atoms with E-state index in [0.29, 0.717) is 18.5 Å². The molecule has 0 saturated heterocycles. The summed E-state index contributed by atoms with van der Waals surface area (Å²) in [6, 6.07) is 5.56. The lowest BCUT2D eigenvalue weighted by atomic mass is 10.2. The highest BCUT2D eigenvalue weighted by Crippen LogP contribution is 2.21. The van der Waals surface area contributed by atoms with E-state index in [4.69, 9.17) is 0 Å². The molecule has 28 heavy (non-hydrogen) atoms. The van der Waals surface area contributed by atoms with Gasteiger partial charge < -0.3 is 0 Å². The molecule has 0 amide bonds. The highest BCUT2D eigenvalue weighted by Gasteiger charge is 2.17. The number of hydrogen-bond donors (Lipinski definition) is 2. The van der Waals surface area contributed by atoms with E-state index in [1.807, 2.05) is 6.92 Å². The molecule has 0 atom stereocenters. The molecule has 0 spiro atoms. The number of aromatic nitrogens is 2. The number of hydrogen-bond acceptors (Lipinski definition) is 7. The first kappa shape index (κ1) is 22.6. The minimum atomic E-state index is -3.81. The zero-order chi connectivity index (χ0) is 20.6. The third-order valence-electron chi connectivity index (χ3n) is 3.95. The molecule has 1 heterocycles. The van der Waals surface area contributed by atoms with Crippen LogP contribution in [0.3, 0.4) is 0 Å². The number of nitrogens with zero attached hydrogens (tertiary/aromatic N) is 2. The van der Waals surface area contributed by atoms with E-state index in [1.54, 1.807) is 0 Å². The zero-order valence-corrected chi connectivity index (χ0v) is 18.5. The number of rotatable bonds is 12. The third-order valence-corrected chi connectivity index (χ3v) is 7.79. The topological polar surface area (TPSA) is 118 Å². The zero-order valence-electron chi connectivity index (χ0n) is 16.0. The van der Waals surface area contributed by atoms with Gasteiger partial charge in [-0.15, -0.1) is 10.2 Å². The van der Waals surface area contributed by atoms with Gasteiger partial charge in [-0.1, -0.05) is 50.9 Å². The van der Waals surface area contributed by atoms with Gasteiger partial charge in [-0.25, -0.2) is 16.8 Å². The second-order valence-corrected chi connectivity index (χ2v) is 10.9. The number of sulfonamides is 2. The monoisotopic (exact) mass is 446 g/mol. The molecule has 0 aliphatic rings. The minimum absolute atomic E-state index is 0.0169. The fourth-order valence-electron chi connectivity index (χ4n) is 2.44. The van der Waals surface area contributed by atoms with Crippen molar-refractivity contribution < 1.29 is 16.8 Å². The molecule has 2 aromatic rings. The largest absolute Gasteiger partial charge is 0.284 e. The van der Waals surface area contributed by atoms with Crippen molar-refractivity contribution in [2.75, 3.05) is 15.2 Å². The van der Waals surface area contributed by atoms with Crippen LogP contribution < -0.4 is 9.44 Å². The molecule has 8 nitrogen and oxygen atoms in total. The van der Waals surface area contributed by atoms with E-state index >= 15 is 0 Å². The number of anilines is 2. The Morgan fingerprint density at radius 2 is 1.57 bits per heavy atom. The lowest BCUT2D eigenvalue weighted by molar-refractivity contribution is 0.591. The predicted octanol–water partition coefficient (Wildman–Crippen LogP) is 3.61. The van der Waals surface area contributed by atoms with Gasteiger partial charge in [0.1, 0.15) is 5.01 Å². The Kier molecular flexibility index (Phi) is 8.20. The van der Waals surface area contributed by atoms with E-state index in [0.717, 1.165) is 30.7 Å². The van der Waals surface area contributed by atoms with Crippen LogP contribution in [0.2, 0.25) is 0 Å². The van der Waals surface area contributed by atoms with E-state index in [-0.39, 0.29) is 15.8 Å². The fourth-order valence-corrected chi connectivity index (χ4v) is 5.53. The highest BCUT2D eigenvalue weighted by molar-refractivity contribution is 7.93. The second-order valence-electron chi connectivity index (χ2n) is 6.32.